The Morgan fingerprint density at radius 3 is 1.69 bits per heavy atom. The van der Waals surface area contributed by atoms with Gasteiger partial charge in [0.1, 0.15) is 11.5 Å². The van der Waals surface area contributed by atoms with Gasteiger partial charge in [-0.1, -0.05) is 24.3 Å². The Kier molecular flexibility index (Phi) is 10.9. The third kappa shape index (κ3) is 8.55. The Morgan fingerprint density at radius 2 is 1.24 bits per heavy atom. The number of benzene rings is 2. The van der Waals surface area contributed by atoms with E-state index in [2.05, 4.69) is 24.8 Å². The summed E-state index contributed by atoms with van der Waals surface area (Å²) in [5, 5.41) is 29.7. The normalized spacial score (nSPS) is 11.5. The third-order valence-electron chi connectivity index (χ3n) is 7.04. The molecule has 4 aromatic rings. The molecule has 218 valence electrons. The molecule has 0 aliphatic rings. The lowest BCUT2D eigenvalue weighted by Crippen LogP contribution is -2.34. The van der Waals surface area contributed by atoms with Crippen LogP contribution in [0.25, 0.3) is 0 Å². The zero-order valence-corrected chi connectivity index (χ0v) is 24.7. The molecule has 0 radical (unpaired) electrons. The Morgan fingerprint density at radius 1 is 0.738 bits per heavy atom. The predicted molar refractivity (Wildman–Crippen MR) is 168 cm³/mol. The number of hydrogen-bond donors (Lipinski definition) is 3. The number of hydrogen-bond acceptors (Lipinski definition) is 8. The molecule has 3 N–H and O–H groups in total. The molecule has 2 aromatic carbocycles. The van der Waals surface area contributed by atoms with Gasteiger partial charge in [-0.05, 0) is 68.3 Å². The number of phenols is 2. The molecular weight excluding hydrogens is 524 g/mol. The minimum atomic E-state index is 0.137. The second kappa shape index (κ2) is 15.0. The van der Waals surface area contributed by atoms with Crippen LogP contribution in [0.1, 0.15) is 51.7 Å². The van der Waals surface area contributed by atoms with Gasteiger partial charge in [-0.15, -0.1) is 0 Å². The predicted octanol–water partition coefficient (Wildman–Crippen LogP) is 5.65. The zero-order valence-electron chi connectivity index (χ0n) is 24.7. The number of nitrogens with one attached hydrogen (secondary N) is 1. The van der Waals surface area contributed by atoms with Crippen molar-refractivity contribution < 1.29 is 10.2 Å². The molecular formula is C34H40N6O2. The standard InChI is InChI=1S/C34H40N6O2/c1-4-36-20-28-16-26(3)18-30(34(28)42)22-40(24-32-10-6-8-12-38-32)14-13-39(23-31-9-5-7-11-37-31)21-29-17-25(2)15-27(19-35)33(29)41/h5-12,15-20,35,41-42H,4,13-14,21-24H2,1-3H3. The molecule has 8 heteroatoms. The maximum Gasteiger partial charge on any atom is 0.128 e. The van der Waals surface area contributed by atoms with Crippen LogP contribution in [0, 0.1) is 19.3 Å². The summed E-state index contributed by atoms with van der Waals surface area (Å²) in [6, 6.07) is 19.6. The van der Waals surface area contributed by atoms with Crippen molar-refractivity contribution in [1.82, 2.24) is 19.8 Å². The Labute approximate surface area is 248 Å². The van der Waals surface area contributed by atoms with Crippen LogP contribution in [-0.4, -0.2) is 62.0 Å². The average Bonchev–Trinajstić information content (AvgIpc) is 2.99. The summed E-state index contributed by atoms with van der Waals surface area (Å²) in [5.74, 6) is 0.385. The molecule has 0 amide bonds. The molecule has 42 heavy (non-hydrogen) atoms. The smallest absolute Gasteiger partial charge is 0.128 e. The molecule has 2 aromatic heterocycles. The lowest BCUT2D eigenvalue weighted by Gasteiger charge is -2.28. The van der Waals surface area contributed by atoms with Gasteiger partial charge in [0, 0.05) is 92.9 Å². The summed E-state index contributed by atoms with van der Waals surface area (Å²) >= 11 is 0. The number of aromatic nitrogens is 2. The molecule has 0 saturated heterocycles. The Bertz CT molecular complexity index is 1490. The molecule has 0 aliphatic carbocycles. The van der Waals surface area contributed by atoms with Gasteiger partial charge in [-0.3, -0.25) is 24.8 Å². The number of phenolic OH excluding ortho intramolecular Hbond substituents is 2. The fourth-order valence-corrected chi connectivity index (χ4v) is 5.04. The first kappa shape index (κ1) is 30.6. The SMILES string of the molecule is CCN=Cc1cc(C)cc(CN(CCN(Cc2ccccn2)Cc2cc(C)cc(C=N)c2O)Cc2ccccn2)c1O. The monoisotopic (exact) mass is 564 g/mol. The van der Waals surface area contributed by atoms with Gasteiger partial charge in [0.25, 0.3) is 0 Å². The molecule has 0 bridgehead atoms. The molecule has 2 heterocycles. The van der Waals surface area contributed by atoms with E-state index in [1.165, 1.54) is 6.21 Å². The number of aromatic hydroxyl groups is 2. The van der Waals surface area contributed by atoms with E-state index in [4.69, 9.17) is 5.41 Å². The van der Waals surface area contributed by atoms with Crippen LogP contribution in [-0.2, 0) is 26.2 Å². The first-order valence-corrected chi connectivity index (χ1v) is 14.3. The van der Waals surface area contributed by atoms with Gasteiger partial charge >= 0.3 is 0 Å². The number of pyridine rings is 2. The van der Waals surface area contributed by atoms with Gasteiger partial charge in [-0.2, -0.15) is 0 Å². The fraction of sp³-hybridized carbons (Fsp3) is 0.294. The van der Waals surface area contributed by atoms with E-state index < -0.39 is 0 Å². The molecule has 4 rings (SSSR count). The number of rotatable bonds is 14. The van der Waals surface area contributed by atoms with Crippen LogP contribution in [0.5, 0.6) is 11.5 Å². The quantitative estimate of drug-likeness (QED) is 0.171. The minimum absolute atomic E-state index is 0.137. The van der Waals surface area contributed by atoms with Crippen molar-refractivity contribution >= 4 is 12.4 Å². The van der Waals surface area contributed by atoms with Crippen LogP contribution in [0.4, 0.5) is 0 Å². The first-order chi connectivity index (χ1) is 20.4. The molecule has 0 atom stereocenters. The van der Waals surface area contributed by atoms with Gasteiger partial charge in [-0.25, -0.2) is 0 Å². The Hall–Kier alpha value is -4.40. The molecule has 0 fully saturated rings. The zero-order chi connectivity index (χ0) is 29.9. The van der Waals surface area contributed by atoms with Crippen LogP contribution >= 0.6 is 0 Å². The summed E-state index contributed by atoms with van der Waals surface area (Å²) in [6.45, 7) is 10.2. The van der Waals surface area contributed by atoms with Crippen molar-refractivity contribution in [3.8, 4) is 11.5 Å². The van der Waals surface area contributed by atoms with Crippen molar-refractivity contribution in [2.45, 2.75) is 47.0 Å². The topological polar surface area (TPSA) is 109 Å². The van der Waals surface area contributed by atoms with Crippen LogP contribution in [0.3, 0.4) is 0 Å². The maximum atomic E-state index is 11.1. The van der Waals surface area contributed by atoms with E-state index >= 15 is 0 Å². The highest BCUT2D eigenvalue weighted by Crippen LogP contribution is 2.27. The molecule has 0 spiro atoms. The van der Waals surface area contributed by atoms with Crippen molar-refractivity contribution in [3.63, 3.8) is 0 Å². The van der Waals surface area contributed by atoms with Gasteiger partial charge in [0.2, 0.25) is 0 Å². The molecule has 0 saturated carbocycles. The largest absolute Gasteiger partial charge is 0.507 e. The summed E-state index contributed by atoms with van der Waals surface area (Å²) in [7, 11) is 0. The third-order valence-corrected chi connectivity index (χ3v) is 7.04. The van der Waals surface area contributed by atoms with E-state index in [1.807, 2.05) is 81.4 Å². The van der Waals surface area contributed by atoms with Crippen molar-refractivity contribution in [1.29, 1.82) is 5.41 Å². The minimum Gasteiger partial charge on any atom is -0.507 e. The lowest BCUT2D eigenvalue weighted by molar-refractivity contribution is 0.178. The average molecular weight is 565 g/mol. The summed E-state index contributed by atoms with van der Waals surface area (Å²) < 4.78 is 0. The maximum absolute atomic E-state index is 11.1. The highest BCUT2D eigenvalue weighted by atomic mass is 16.3. The Balaban J connectivity index is 1.62. The highest BCUT2D eigenvalue weighted by Gasteiger charge is 2.18. The fourth-order valence-electron chi connectivity index (χ4n) is 5.04. The second-order valence-corrected chi connectivity index (χ2v) is 10.6. The van der Waals surface area contributed by atoms with Crippen molar-refractivity contribution in [2.75, 3.05) is 19.6 Å². The number of aliphatic imine (C=N–C) groups is 1. The van der Waals surface area contributed by atoms with Crippen molar-refractivity contribution in [3.05, 3.63) is 118 Å². The van der Waals surface area contributed by atoms with Crippen LogP contribution in [0.15, 0.2) is 78.0 Å². The van der Waals surface area contributed by atoms with E-state index in [0.717, 1.165) is 39.2 Å². The summed E-state index contributed by atoms with van der Waals surface area (Å²) in [4.78, 5) is 18.0. The van der Waals surface area contributed by atoms with Gasteiger partial charge in [0.05, 0.1) is 11.4 Å². The van der Waals surface area contributed by atoms with Gasteiger partial charge in [0.15, 0.2) is 0 Å². The first-order valence-electron chi connectivity index (χ1n) is 14.3. The van der Waals surface area contributed by atoms with Gasteiger partial charge < -0.3 is 15.6 Å². The van der Waals surface area contributed by atoms with E-state index in [-0.39, 0.29) is 11.5 Å². The molecule has 0 unspecified atom stereocenters. The summed E-state index contributed by atoms with van der Waals surface area (Å²) in [6.07, 6.45) is 6.52. The van der Waals surface area contributed by atoms with E-state index in [1.54, 1.807) is 18.6 Å². The number of nitrogens with zero attached hydrogens (tertiary/aromatic N) is 5. The second-order valence-electron chi connectivity index (χ2n) is 10.6. The van der Waals surface area contributed by atoms with E-state index in [9.17, 15) is 10.2 Å². The molecule has 8 nitrogen and oxygen atoms in total. The van der Waals surface area contributed by atoms with Crippen molar-refractivity contribution in [2.24, 2.45) is 4.99 Å². The number of aryl methyl sites for hydroxylation is 2. The lowest BCUT2D eigenvalue weighted by atomic mass is 10.0. The highest BCUT2D eigenvalue weighted by molar-refractivity contribution is 5.84. The summed E-state index contributed by atoms with van der Waals surface area (Å²) in [5.41, 5.74) is 6.78. The van der Waals surface area contributed by atoms with Crippen LogP contribution in [0.2, 0.25) is 0 Å². The van der Waals surface area contributed by atoms with E-state index in [0.29, 0.717) is 51.4 Å². The molecule has 0 aliphatic heterocycles. The van der Waals surface area contributed by atoms with Crippen LogP contribution < -0.4 is 0 Å².